The topological polar surface area (TPSA) is 82.9 Å². The summed E-state index contributed by atoms with van der Waals surface area (Å²) in [5.41, 5.74) is 2.47. The van der Waals surface area contributed by atoms with E-state index in [0.29, 0.717) is 53.3 Å². The van der Waals surface area contributed by atoms with Crippen molar-refractivity contribution in [2.45, 2.75) is 6.04 Å². The minimum atomic E-state index is -3.09. The fourth-order valence-corrected chi connectivity index (χ4v) is 5.34. The summed E-state index contributed by atoms with van der Waals surface area (Å²) in [6.45, 7) is 1.66. The Kier molecular flexibility index (Phi) is 8.27. The number of rotatable bonds is 9. The van der Waals surface area contributed by atoms with Crippen molar-refractivity contribution in [1.82, 2.24) is 4.90 Å². The predicted octanol–water partition coefficient (Wildman–Crippen LogP) is 6.66. The zero-order chi connectivity index (χ0) is 28.1. The lowest BCUT2D eigenvalue weighted by Crippen LogP contribution is -2.29. The minimum Gasteiger partial charge on any atom is -0.457 e. The summed E-state index contributed by atoms with van der Waals surface area (Å²) in [6, 6.07) is 32.1. The molecule has 4 aromatic carbocycles. The van der Waals surface area contributed by atoms with Crippen LogP contribution in [0.4, 0.5) is 5.69 Å². The summed E-state index contributed by atoms with van der Waals surface area (Å²) in [4.78, 5) is 4.39. The lowest BCUT2D eigenvalue weighted by atomic mass is 10.1. The van der Waals surface area contributed by atoms with Gasteiger partial charge in [0.1, 0.15) is 38.9 Å². The van der Waals surface area contributed by atoms with E-state index in [2.05, 4.69) is 15.9 Å². The van der Waals surface area contributed by atoms with E-state index in [9.17, 15) is 13.7 Å². The number of hydrogen-bond donors (Lipinski definition) is 0. The Bertz CT molecular complexity index is 1620. The third-order valence-corrected chi connectivity index (χ3v) is 7.81. The number of para-hydroxylation sites is 1. The molecule has 1 saturated heterocycles. The van der Waals surface area contributed by atoms with E-state index in [1.54, 1.807) is 30.3 Å². The second kappa shape index (κ2) is 12.0. The number of hydrogen-bond acceptors (Lipinski definition) is 7. The first kappa shape index (κ1) is 27.5. The summed E-state index contributed by atoms with van der Waals surface area (Å²) < 4.78 is 35.8. The number of nitriles is 1. The average molecular weight is 574 g/mol. The Morgan fingerprint density at radius 3 is 2.30 bits per heavy atom. The van der Waals surface area contributed by atoms with Crippen LogP contribution in [0.3, 0.4) is 0 Å². The van der Waals surface area contributed by atoms with Gasteiger partial charge in [-0.05, 0) is 78.4 Å². The van der Waals surface area contributed by atoms with Crippen LogP contribution in [0.25, 0.3) is 0 Å². The molecule has 5 rings (SSSR count). The van der Waals surface area contributed by atoms with Gasteiger partial charge in [0.05, 0.1) is 24.0 Å². The lowest BCUT2D eigenvalue weighted by Gasteiger charge is -2.26. The van der Waals surface area contributed by atoms with Gasteiger partial charge in [0.25, 0.3) is 0 Å². The van der Waals surface area contributed by atoms with Gasteiger partial charge in [-0.15, -0.1) is 0 Å². The number of ether oxygens (including phenoxy) is 2. The van der Waals surface area contributed by atoms with Crippen molar-refractivity contribution in [3.05, 3.63) is 113 Å². The monoisotopic (exact) mass is 573 g/mol. The van der Waals surface area contributed by atoms with E-state index >= 15 is 0 Å². The van der Waals surface area contributed by atoms with Crippen LogP contribution in [-0.4, -0.2) is 45.1 Å². The zero-order valence-electron chi connectivity index (χ0n) is 21.9. The SMILES string of the molecule is CS(=O)(=O)CCN1CC(c2cccc(Oc3ccccc3C#N)c2)N(c2ccc(Oc3ccc(Cl)cc3)cc2)C1. The molecule has 0 spiro atoms. The first-order valence-corrected chi connectivity index (χ1v) is 15.2. The summed E-state index contributed by atoms with van der Waals surface area (Å²) in [6.07, 6.45) is 1.26. The zero-order valence-corrected chi connectivity index (χ0v) is 23.5. The fourth-order valence-electron chi connectivity index (χ4n) is 4.62. The molecule has 0 amide bonds. The largest absolute Gasteiger partial charge is 0.457 e. The quantitative estimate of drug-likeness (QED) is 0.221. The molecule has 9 heteroatoms. The van der Waals surface area contributed by atoms with E-state index in [0.717, 1.165) is 11.3 Å². The molecular formula is C31H28ClN3O4S. The number of benzene rings is 4. The van der Waals surface area contributed by atoms with Crippen LogP contribution in [-0.2, 0) is 9.84 Å². The molecule has 0 aromatic heterocycles. The van der Waals surface area contributed by atoms with Crippen molar-refractivity contribution in [2.24, 2.45) is 0 Å². The van der Waals surface area contributed by atoms with Gasteiger partial charge in [0.15, 0.2) is 0 Å². The molecule has 1 atom stereocenters. The summed E-state index contributed by atoms with van der Waals surface area (Å²) >= 11 is 5.98. The highest BCUT2D eigenvalue weighted by molar-refractivity contribution is 7.90. The maximum absolute atomic E-state index is 11.9. The van der Waals surface area contributed by atoms with Crippen LogP contribution in [0.2, 0.25) is 5.02 Å². The molecular weight excluding hydrogens is 546 g/mol. The average Bonchev–Trinajstić information content (AvgIpc) is 3.38. The number of halogens is 1. The molecule has 0 N–H and O–H groups in total. The predicted molar refractivity (Wildman–Crippen MR) is 157 cm³/mol. The van der Waals surface area contributed by atoms with E-state index in [-0.39, 0.29) is 11.8 Å². The Hall–Kier alpha value is -4.03. The number of sulfone groups is 1. The van der Waals surface area contributed by atoms with Crippen LogP contribution < -0.4 is 14.4 Å². The first-order chi connectivity index (χ1) is 19.3. The molecule has 40 heavy (non-hydrogen) atoms. The van der Waals surface area contributed by atoms with Crippen molar-refractivity contribution >= 4 is 27.1 Å². The lowest BCUT2D eigenvalue weighted by molar-refractivity contribution is 0.354. The van der Waals surface area contributed by atoms with E-state index in [4.69, 9.17) is 21.1 Å². The van der Waals surface area contributed by atoms with Gasteiger partial charge in [0, 0.05) is 30.1 Å². The summed E-state index contributed by atoms with van der Waals surface area (Å²) in [5, 5.41) is 10.1. The van der Waals surface area contributed by atoms with Gasteiger partial charge >= 0.3 is 0 Å². The van der Waals surface area contributed by atoms with Crippen molar-refractivity contribution in [2.75, 3.05) is 36.7 Å². The maximum atomic E-state index is 11.9. The van der Waals surface area contributed by atoms with Gasteiger partial charge < -0.3 is 14.4 Å². The van der Waals surface area contributed by atoms with Crippen molar-refractivity contribution < 1.29 is 17.9 Å². The smallest absolute Gasteiger partial charge is 0.148 e. The van der Waals surface area contributed by atoms with Gasteiger partial charge in [-0.3, -0.25) is 4.90 Å². The second-order valence-corrected chi connectivity index (χ2v) is 12.4. The molecule has 0 saturated carbocycles. The van der Waals surface area contributed by atoms with E-state index in [1.807, 2.05) is 66.7 Å². The Balaban J connectivity index is 1.39. The van der Waals surface area contributed by atoms with E-state index in [1.165, 1.54) is 6.26 Å². The molecule has 0 aliphatic carbocycles. The molecule has 1 unspecified atom stereocenters. The van der Waals surface area contributed by atoms with Crippen molar-refractivity contribution in [3.63, 3.8) is 0 Å². The van der Waals surface area contributed by atoms with Gasteiger partial charge in [0.2, 0.25) is 0 Å². The number of anilines is 1. The van der Waals surface area contributed by atoms with Gasteiger partial charge in [-0.25, -0.2) is 8.42 Å². The van der Waals surface area contributed by atoms with Crippen molar-refractivity contribution in [1.29, 1.82) is 5.26 Å². The highest BCUT2D eigenvalue weighted by Crippen LogP contribution is 2.36. The Morgan fingerprint density at radius 1 is 0.900 bits per heavy atom. The first-order valence-electron chi connectivity index (χ1n) is 12.7. The van der Waals surface area contributed by atoms with Crippen molar-refractivity contribution in [3.8, 4) is 29.1 Å². The van der Waals surface area contributed by atoms with Crippen LogP contribution in [0.1, 0.15) is 17.2 Å². The molecule has 0 radical (unpaired) electrons. The van der Waals surface area contributed by atoms with Crippen LogP contribution >= 0.6 is 11.6 Å². The molecule has 204 valence electrons. The van der Waals surface area contributed by atoms with E-state index < -0.39 is 9.84 Å². The molecule has 1 aliphatic heterocycles. The highest BCUT2D eigenvalue weighted by atomic mass is 35.5. The maximum Gasteiger partial charge on any atom is 0.148 e. The van der Waals surface area contributed by atoms with Gasteiger partial charge in [-0.1, -0.05) is 35.9 Å². The summed E-state index contributed by atoms with van der Waals surface area (Å²) in [7, 11) is -3.09. The highest BCUT2D eigenvalue weighted by Gasteiger charge is 2.32. The Morgan fingerprint density at radius 2 is 1.60 bits per heavy atom. The molecule has 1 heterocycles. The fraction of sp³-hybridized carbons (Fsp3) is 0.194. The molecule has 0 bridgehead atoms. The standard InChI is InChI=1S/C31H28ClN3O4S/c1-40(36,37)18-17-34-21-30(23-6-4-7-29(19-23)39-31-8-3-2-5-24(31)20-33)35(22-34)26-11-15-28(16-12-26)38-27-13-9-25(32)10-14-27/h2-16,19,30H,17-18,21-22H2,1H3. The normalized spacial score (nSPS) is 15.5. The molecule has 1 aliphatic rings. The van der Waals surface area contributed by atoms with Crippen LogP contribution in [0.5, 0.6) is 23.0 Å². The third kappa shape index (κ3) is 6.93. The minimum absolute atomic E-state index is 0.0441. The van der Waals surface area contributed by atoms with Gasteiger partial charge in [-0.2, -0.15) is 5.26 Å². The Labute approximate surface area is 239 Å². The second-order valence-electron chi connectivity index (χ2n) is 9.67. The third-order valence-electron chi connectivity index (χ3n) is 6.63. The summed E-state index contributed by atoms with van der Waals surface area (Å²) in [5.74, 6) is 2.60. The molecule has 7 nitrogen and oxygen atoms in total. The molecule has 1 fully saturated rings. The number of nitrogens with zero attached hydrogens (tertiary/aromatic N) is 3. The van der Waals surface area contributed by atoms with Crippen LogP contribution in [0.15, 0.2) is 97.1 Å². The molecule has 4 aromatic rings. The van der Waals surface area contributed by atoms with Crippen LogP contribution in [0, 0.1) is 11.3 Å².